The highest BCUT2D eigenvalue weighted by atomic mass is 16.5. The van der Waals surface area contributed by atoms with Crippen molar-refractivity contribution in [3.05, 3.63) is 29.8 Å². The monoisotopic (exact) mass is 237 g/mol. The Morgan fingerprint density at radius 3 is 2.71 bits per heavy atom. The standard InChI is InChI=1S/C12H15NO4/c1-16-9-4-2-8(3-5-9)10-6-17-7-11(13-10)12(14)15/h2-5,10-11,13H,6-7H2,1H3,(H,14,15). The van der Waals surface area contributed by atoms with Crippen LogP contribution in [0.1, 0.15) is 11.6 Å². The number of carboxylic acid groups (broad SMARTS) is 1. The molecule has 1 aliphatic heterocycles. The van der Waals surface area contributed by atoms with Gasteiger partial charge in [0.25, 0.3) is 0 Å². The fraction of sp³-hybridized carbons (Fsp3) is 0.417. The Balaban J connectivity index is 2.08. The Kier molecular flexibility index (Phi) is 3.61. The van der Waals surface area contributed by atoms with Gasteiger partial charge in [-0.05, 0) is 17.7 Å². The van der Waals surface area contributed by atoms with Gasteiger partial charge in [-0.1, -0.05) is 12.1 Å². The number of carboxylic acids is 1. The Labute approximate surface area is 99.3 Å². The number of carbonyl (C=O) groups is 1. The number of rotatable bonds is 3. The lowest BCUT2D eigenvalue weighted by molar-refractivity contribution is -0.143. The Morgan fingerprint density at radius 1 is 1.41 bits per heavy atom. The maximum absolute atomic E-state index is 10.9. The van der Waals surface area contributed by atoms with Crippen LogP contribution in [-0.2, 0) is 9.53 Å². The third-order valence-electron chi connectivity index (χ3n) is 2.79. The van der Waals surface area contributed by atoms with Gasteiger partial charge in [-0.15, -0.1) is 0 Å². The minimum Gasteiger partial charge on any atom is -0.497 e. The predicted molar refractivity (Wildman–Crippen MR) is 61.1 cm³/mol. The molecule has 2 unspecified atom stereocenters. The second-order valence-electron chi connectivity index (χ2n) is 3.92. The van der Waals surface area contributed by atoms with Crippen molar-refractivity contribution in [2.75, 3.05) is 20.3 Å². The quantitative estimate of drug-likeness (QED) is 0.814. The van der Waals surface area contributed by atoms with Crippen molar-refractivity contribution in [2.24, 2.45) is 0 Å². The predicted octanol–water partition coefficient (Wildman–Crippen LogP) is 0.809. The van der Waals surface area contributed by atoms with Gasteiger partial charge in [0.1, 0.15) is 11.8 Å². The summed E-state index contributed by atoms with van der Waals surface area (Å²) in [6.45, 7) is 0.693. The van der Waals surface area contributed by atoms with Crippen LogP contribution in [0.3, 0.4) is 0 Å². The molecule has 2 atom stereocenters. The van der Waals surface area contributed by atoms with E-state index in [1.807, 2.05) is 24.3 Å². The highest BCUT2D eigenvalue weighted by molar-refractivity contribution is 5.73. The Hall–Kier alpha value is -1.59. The molecule has 2 N–H and O–H groups in total. The number of ether oxygens (including phenoxy) is 2. The number of nitrogens with one attached hydrogen (secondary N) is 1. The summed E-state index contributed by atoms with van der Waals surface area (Å²) in [7, 11) is 1.61. The third-order valence-corrected chi connectivity index (χ3v) is 2.79. The van der Waals surface area contributed by atoms with Crippen LogP contribution < -0.4 is 10.1 Å². The third kappa shape index (κ3) is 2.75. The number of methoxy groups -OCH3 is 1. The molecule has 1 aromatic rings. The van der Waals surface area contributed by atoms with Crippen LogP contribution in [0.4, 0.5) is 0 Å². The zero-order valence-corrected chi connectivity index (χ0v) is 9.55. The van der Waals surface area contributed by atoms with Crippen molar-refractivity contribution < 1.29 is 19.4 Å². The van der Waals surface area contributed by atoms with E-state index < -0.39 is 12.0 Å². The zero-order valence-electron chi connectivity index (χ0n) is 9.55. The van der Waals surface area contributed by atoms with Crippen molar-refractivity contribution in [1.29, 1.82) is 0 Å². The molecule has 1 fully saturated rings. The average Bonchev–Trinajstić information content (AvgIpc) is 2.39. The molecule has 0 radical (unpaired) electrons. The summed E-state index contributed by atoms with van der Waals surface area (Å²) in [6.07, 6.45) is 0. The van der Waals surface area contributed by atoms with Gasteiger partial charge in [-0.3, -0.25) is 10.1 Å². The van der Waals surface area contributed by atoms with Crippen molar-refractivity contribution in [3.63, 3.8) is 0 Å². The molecule has 1 aromatic carbocycles. The van der Waals surface area contributed by atoms with E-state index in [0.29, 0.717) is 6.61 Å². The first-order valence-electron chi connectivity index (χ1n) is 5.41. The SMILES string of the molecule is COc1ccc(C2COCC(C(=O)O)N2)cc1. The number of hydrogen-bond acceptors (Lipinski definition) is 4. The molecule has 5 nitrogen and oxygen atoms in total. The van der Waals surface area contributed by atoms with Gasteiger partial charge >= 0.3 is 5.97 Å². The van der Waals surface area contributed by atoms with Crippen LogP contribution in [0.5, 0.6) is 5.75 Å². The second-order valence-corrected chi connectivity index (χ2v) is 3.92. The summed E-state index contributed by atoms with van der Waals surface area (Å²) in [5.74, 6) is -0.108. The van der Waals surface area contributed by atoms with E-state index in [0.717, 1.165) is 11.3 Å². The van der Waals surface area contributed by atoms with Crippen LogP contribution in [0.15, 0.2) is 24.3 Å². The van der Waals surface area contributed by atoms with Crippen LogP contribution in [0, 0.1) is 0 Å². The molecule has 0 amide bonds. The molecule has 1 saturated heterocycles. The fourth-order valence-electron chi connectivity index (χ4n) is 1.81. The van der Waals surface area contributed by atoms with Crippen molar-refractivity contribution >= 4 is 5.97 Å². The number of hydrogen-bond donors (Lipinski definition) is 2. The van der Waals surface area contributed by atoms with Crippen LogP contribution in [0.2, 0.25) is 0 Å². The molecular formula is C12H15NO4. The molecule has 5 heteroatoms. The lowest BCUT2D eigenvalue weighted by Gasteiger charge is -2.29. The van der Waals surface area contributed by atoms with Crippen molar-refractivity contribution in [1.82, 2.24) is 5.32 Å². The minimum atomic E-state index is -0.886. The Morgan fingerprint density at radius 2 is 2.12 bits per heavy atom. The first kappa shape index (κ1) is 11.9. The minimum absolute atomic E-state index is 0.0873. The first-order chi connectivity index (χ1) is 8.20. The van der Waals surface area contributed by atoms with E-state index >= 15 is 0 Å². The van der Waals surface area contributed by atoms with Crippen LogP contribution >= 0.6 is 0 Å². The summed E-state index contributed by atoms with van der Waals surface area (Å²) in [6, 6.07) is 6.78. The average molecular weight is 237 g/mol. The molecule has 0 saturated carbocycles. The molecule has 1 aliphatic rings. The van der Waals surface area contributed by atoms with Crippen molar-refractivity contribution in [2.45, 2.75) is 12.1 Å². The van der Waals surface area contributed by atoms with E-state index in [9.17, 15) is 4.79 Å². The molecule has 0 spiro atoms. The normalized spacial score (nSPS) is 24.3. The largest absolute Gasteiger partial charge is 0.497 e. The molecule has 0 aromatic heterocycles. The van der Waals surface area contributed by atoms with E-state index in [2.05, 4.69) is 5.32 Å². The maximum atomic E-state index is 10.9. The highest BCUT2D eigenvalue weighted by Crippen LogP contribution is 2.20. The van der Waals surface area contributed by atoms with E-state index in [1.54, 1.807) is 7.11 Å². The van der Waals surface area contributed by atoms with E-state index in [-0.39, 0.29) is 12.6 Å². The summed E-state index contributed by atoms with van der Waals surface area (Å²) in [5, 5.41) is 12.0. The molecular weight excluding hydrogens is 222 g/mol. The summed E-state index contributed by atoms with van der Waals surface area (Å²) >= 11 is 0. The number of morpholine rings is 1. The number of aliphatic carboxylic acids is 1. The molecule has 0 bridgehead atoms. The van der Waals surface area contributed by atoms with Gasteiger partial charge in [0.2, 0.25) is 0 Å². The lowest BCUT2D eigenvalue weighted by Crippen LogP contribution is -2.48. The first-order valence-corrected chi connectivity index (χ1v) is 5.41. The van der Waals surface area contributed by atoms with Crippen LogP contribution in [-0.4, -0.2) is 37.4 Å². The summed E-state index contributed by atoms with van der Waals surface area (Å²) < 4.78 is 10.4. The van der Waals surface area contributed by atoms with Gasteiger partial charge < -0.3 is 14.6 Å². The van der Waals surface area contributed by atoms with E-state index in [4.69, 9.17) is 14.6 Å². The van der Waals surface area contributed by atoms with Crippen molar-refractivity contribution in [3.8, 4) is 5.75 Å². The summed E-state index contributed by atoms with van der Waals surface area (Å²) in [5.41, 5.74) is 0.997. The molecule has 1 heterocycles. The zero-order chi connectivity index (χ0) is 12.3. The number of benzene rings is 1. The molecule has 0 aliphatic carbocycles. The summed E-state index contributed by atoms with van der Waals surface area (Å²) in [4.78, 5) is 10.9. The molecule has 92 valence electrons. The topological polar surface area (TPSA) is 67.8 Å². The second kappa shape index (κ2) is 5.16. The maximum Gasteiger partial charge on any atom is 0.323 e. The Bertz CT molecular complexity index is 390. The lowest BCUT2D eigenvalue weighted by atomic mass is 10.0. The van der Waals surface area contributed by atoms with Gasteiger partial charge in [-0.2, -0.15) is 0 Å². The van der Waals surface area contributed by atoms with Crippen LogP contribution in [0.25, 0.3) is 0 Å². The molecule has 2 rings (SSSR count). The van der Waals surface area contributed by atoms with Gasteiger partial charge in [0.05, 0.1) is 26.4 Å². The highest BCUT2D eigenvalue weighted by Gasteiger charge is 2.27. The molecule has 17 heavy (non-hydrogen) atoms. The smallest absolute Gasteiger partial charge is 0.323 e. The van der Waals surface area contributed by atoms with Gasteiger partial charge in [0.15, 0.2) is 0 Å². The van der Waals surface area contributed by atoms with Gasteiger partial charge in [-0.25, -0.2) is 0 Å². The van der Waals surface area contributed by atoms with E-state index in [1.165, 1.54) is 0 Å². The fourth-order valence-corrected chi connectivity index (χ4v) is 1.81. The van der Waals surface area contributed by atoms with Gasteiger partial charge in [0, 0.05) is 0 Å².